The monoisotopic (exact) mass is 212 g/mol. The lowest BCUT2D eigenvalue weighted by molar-refractivity contribution is 0.406. The van der Waals surface area contributed by atoms with Crippen LogP contribution in [0.15, 0.2) is 10.2 Å². The van der Waals surface area contributed by atoms with Crippen LogP contribution in [-0.2, 0) is 0 Å². The summed E-state index contributed by atoms with van der Waals surface area (Å²) in [6.45, 7) is -8.81. The number of azo groups is 1. The van der Waals surface area contributed by atoms with Gasteiger partial charge in [-0.2, -0.15) is 10.2 Å². The van der Waals surface area contributed by atoms with E-state index in [9.17, 15) is 0 Å². The maximum absolute atomic E-state index is 8.24. The van der Waals surface area contributed by atoms with E-state index in [-0.39, 0.29) is 10.6 Å². The van der Waals surface area contributed by atoms with Crippen LogP contribution in [0.1, 0.15) is 44.7 Å². The van der Waals surface area contributed by atoms with Crippen LogP contribution in [0.25, 0.3) is 0 Å². The quantitative estimate of drug-likeness (QED) is 0.669. The first-order valence-electron chi connectivity index (χ1n) is 11.8. The molecule has 0 aliphatic carbocycles. The maximum Gasteiger partial charge on any atom is 0.122 e. The molecule has 0 bridgehead atoms. The molecular weight excluding hydrogens is 176 g/mol. The Morgan fingerprint density at radius 2 is 1.50 bits per heavy atom. The van der Waals surface area contributed by atoms with E-state index in [1.165, 1.54) is 0 Å². The molecule has 2 aliphatic rings. The fraction of sp³-hybridized carbons (Fsp3) is 1.00. The maximum atomic E-state index is 8.24. The molecule has 2 fully saturated rings. The summed E-state index contributed by atoms with van der Waals surface area (Å²) in [5, 5.41) is 6.10. The molecule has 2 aliphatic heterocycles. The second-order valence-electron chi connectivity index (χ2n) is 2.36. The minimum absolute atomic E-state index is 0.0540. The molecule has 0 aromatic heterocycles. The van der Waals surface area contributed by atoms with Crippen molar-refractivity contribution in [2.45, 2.75) is 37.5 Å². The molecule has 4 heteroatoms. The van der Waals surface area contributed by atoms with E-state index in [0.29, 0.717) is 0 Å². The van der Waals surface area contributed by atoms with Gasteiger partial charge in [0, 0.05) is 16.4 Å². The van der Waals surface area contributed by atoms with Crippen molar-refractivity contribution < 1.29 is 22.0 Å². The van der Waals surface area contributed by atoms with Crippen LogP contribution in [0.4, 0.5) is 0 Å². The van der Waals surface area contributed by atoms with Crippen LogP contribution in [0.5, 0.6) is 0 Å². The SMILES string of the molecule is [2H]N1CC([2H])([2H])C([2H])(N=NC2([2H])C([2H])([2H])CN([2H])C([2H])([2H])C2([2H])[2H])C([2H])([2H])C1([2H])[2H]. The first-order chi connectivity index (χ1) is 13.0. The van der Waals surface area contributed by atoms with Gasteiger partial charge >= 0.3 is 0 Å². The first kappa shape index (κ1) is 2.28. The van der Waals surface area contributed by atoms with Gasteiger partial charge in [-0.1, -0.05) is 0 Å². The number of nitrogens with one attached hydrogen (secondary N) is 2. The zero-order valence-corrected chi connectivity index (χ0v) is 7.20. The third-order valence-electron chi connectivity index (χ3n) is 1.41. The lowest BCUT2D eigenvalue weighted by Gasteiger charge is -2.21. The predicted octanol–water partition coefficient (Wildman–Crippen LogP) is 0.943. The Bertz CT molecular complexity index is 678. The normalized spacial score (nSPS) is 86.6. The largest absolute Gasteiger partial charge is 0.317 e. The first-order valence-corrected chi connectivity index (χ1v) is 3.93. The van der Waals surface area contributed by atoms with Gasteiger partial charge in [0.1, 0.15) is 2.82 Å². The Morgan fingerprint density at radius 1 is 1.00 bits per heavy atom. The summed E-state index contributed by atoms with van der Waals surface area (Å²) in [5.74, 6) is 0. The van der Waals surface area contributed by atoms with Crippen LogP contribution in [0.3, 0.4) is 0 Å². The predicted molar refractivity (Wildman–Crippen MR) is 56.6 cm³/mol. The highest BCUT2D eigenvalue weighted by atomic mass is 15.2. The molecule has 0 radical (unpaired) electrons. The molecule has 0 saturated carbocycles. The molecule has 0 amide bonds. The molecule has 2 heterocycles. The van der Waals surface area contributed by atoms with Gasteiger partial charge in [0.25, 0.3) is 0 Å². The molecule has 2 unspecified atom stereocenters. The summed E-state index contributed by atoms with van der Waals surface area (Å²) in [5.41, 5.74) is 0. The third-order valence-corrected chi connectivity index (χ3v) is 1.41. The minimum atomic E-state index is -3.57. The molecule has 0 aromatic rings. The van der Waals surface area contributed by atoms with Crippen molar-refractivity contribution in [2.24, 2.45) is 10.2 Å². The molecule has 2 saturated heterocycles. The number of hydrogen-bond donors (Lipinski definition) is 2. The number of nitrogens with zero attached hydrogens (tertiary/aromatic N) is 2. The van der Waals surface area contributed by atoms with Crippen molar-refractivity contribution in [3.05, 3.63) is 0 Å². The van der Waals surface area contributed by atoms with Gasteiger partial charge in [-0.25, -0.2) is 0 Å². The summed E-state index contributed by atoms with van der Waals surface area (Å²) in [7, 11) is 0. The van der Waals surface area contributed by atoms with Gasteiger partial charge in [-0.3, -0.25) is 0 Å². The summed E-state index contributed by atoms with van der Waals surface area (Å²) < 4.78 is 126. The van der Waals surface area contributed by atoms with E-state index >= 15 is 0 Å². The van der Waals surface area contributed by atoms with Crippen molar-refractivity contribution >= 4 is 0 Å². The second-order valence-corrected chi connectivity index (χ2v) is 2.36. The summed E-state index contributed by atoms with van der Waals surface area (Å²) in [6.07, 6.45) is -13.3. The highest BCUT2D eigenvalue weighted by molar-refractivity contribution is 4.76. The smallest absolute Gasteiger partial charge is 0.122 e. The minimum Gasteiger partial charge on any atom is -0.317 e. The molecule has 0 spiro atoms. The zero-order chi connectivity index (χ0) is 24.0. The number of piperidine rings is 2. The van der Waals surface area contributed by atoms with E-state index in [2.05, 4.69) is 10.2 Å². The van der Waals surface area contributed by atoms with E-state index in [1.54, 1.807) is 0 Å². The van der Waals surface area contributed by atoms with E-state index < -0.39 is 63.6 Å². The Labute approximate surface area is 108 Å². The van der Waals surface area contributed by atoms with Crippen molar-refractivity contribution in [1.29, 1.82) is 0 Å². The molecule has 80 valence electrons. The van der Waals surface area contributed by atoms with E-state index in [4.69, 9.17) is 22.0 Å². The van der Waals surface area contributed by atoms with Crippen LogP contribution in [0.2, 0.25) is 2.82 Å². The second kappa shape index (κ2) is 5.41. The van der Waals surface area contributed by atoms with Crippen LogP contribution in [-0.4, -0.2) is 38.1 Å². The third kappa shape index (κ3) is 3.03. The van der Waals surface area contributed by atoms with Gasteiger partial charge < -0.3 is 10.6 Å². The van der Waals surface area contributed by atoms with Crippen LogP contribution in [0, 0.1) is 0 Å². The highest BCUT2D eigenvalue weighted by Gasteiger charge is 2.14. The molecular formula is C10H20N4. The van der Waals surface area contributed by atoms with Gasteiger partial charge in [-0.05, 0) is 51.6 Å². The topological polar surface area (TPSA) is 48.8 Å². The number of hydrogen-bond acceptors (Lipinski definition) is 4. The molecule has 2 atom stereocenters. The van der Waals surface area contributed by atoms with Crippen molar-refractivity contribution in [2.75, 3.05) is 26.1 Å². The molecule has 0 aromatic carbocycles. The summed E-state index contributed by atoms with van der Waals surface area (Å²) in [4.78, 5) is 0. The fourth-order valence-electron chi connectivity index (χ4n) is 0.802. The standard InChI is InChI=1S/C10H20N4/c1-5-11-6-2-9(1)13-14-10-3-7-12-8-4-10/h9-12H,1-8H2/i1D2,2D2,3D2,4D2,5D2,7D2,9D,10D/hD2. The summed E-state index contributed by atoms with van der Waals surface area (Å²) in [6, 6.07) is -6.96. The molecule has 14 heavy (non-hydrogen) atoms. The average molecular weight is 212 g/mol. The van der Waals surface area contributed by atoms with E-state index in [0.717, 1.165) is 0 Å². The molecule has 4 nitrogen and oxygen atoms in total. The van der Waals surface area contributed by atoms with Gasteiger partial charge in [0.05, 0.1) is 14.8 Å². The van der Waals surface area contributed by atoms with Crippen molar-refractivity contribution in [3.8, 4) is 0 Å². The van der Waals surface area contributed by atoms with Gasteiger partial charge in [-0.15, -0.1) is 0 Å². The Morgan fingerprint density at radius 3 is 2.00 bits per heavy atom. The molecule has 2 N–H and O–H groups in total. The van der Waals surface area contributed by atoms with Crippen molar-refractivity contribution in [1.82, 2.24) is 10.6 Å². The highest BCUT2D eigenvalue weighted by Crippen LogP contribution is 2.12. The lowest BCUT2D eigenvalue weighted by Crippen LogP contribution is -2.31. The average Bonchev–Trinajstić information content (AvgIpc) is 2.55. The Balaban J connectivity index is 2.70. The Kier molecular flexibility index (Phi) is 0.880. The number of rotatable bonds is 2. The van der Waals surface area contributed by atoms with Gasteiger partial charge in [0.2, 0.25) is 0 Å². The Hall–Kier alpha value is -0.480. The van der Waals surface area contributed by atoms with Crippen LogP contribution < -0.4 is 10.6 Å². The van der Waals surface area contributed by atoms with Crippen molar-refractivity contribution in [3.63, 3.8) is 0 Å². The fourth-order valence-corrected chi connectivity index (χ4v) is 0.802. The zero-order valence-electron chi connectivity index (χ0n) is 23.2. The van der Waals surface area contributed by atoms with E-state index in [1.807, 2.05) is 0 Å². The van der Waals surface area contributed by atoms with Crippen LogP contribution >= 0.6 is 0 Å². The summed E-state index contributed by atoms with van der Waals surface area (Å²) >= 11 is 0. The molecule has 2 rings (SSSR count). The lowest BCUT2D eigenvalue weighted by atomic mass is 10.1. The van der Waals surface area contributed by atoms with Gasteiger partial charge in [0.15, 0.2) is 0 Å².